The maximum atomic E-state index is 12.8. The molecule has 0 N–H and O–H groups in total. The Morgan fingerprint density at radius 3 is 2.33 bits per heavy atom. The maximum Gasteiger partial charge on any atom is 0.187 e. The van der Waals surface area contributed by atoms with Crippen molar-refractivity contribution in [1.82, 2.24) is 0 Å². The summed E-state index contributed by atoms with van der Waals surface area (Å²) in [5.41, 5.74) is 3.65. The highest BCUT2D eigenvalue weighted by Gasteiger charge is 2.39. The monoisotopic (exact) mass is 317 g/mol. The lowest BCUT2D eigenvalue weighted by Crippen LogP contribution is -2.25. The minimum absolute atomic E-state index is 0.0952. The van der Waals surface area contributed by atoms with Crippen molar-refractivity contribution in [3.8, 4) is 6.07 Å². The third kappa shape index (κ3) is 3.28. The van der Waals surface area contributed by atoms with Crippen molar-refractivity contribution >= 4 is 11.6 Å². The minimum atomic E-state index is -1.17. The number of carbonyl (C=O) groups is 2. The zero-order valence-electron chi connectivity index (χ0n) is 13.7. The Morgan fingerprint density at radius 1 is 1.08 bits per heavy atom. The molecule has 0 spiro atoms. The molecule has 3 heteroatoms. The van der Waals surface area contributed by atoms with Crippen LogP contribution in [0.2, 0.25) is 0 Å². The van der Waals surface area contributed by atoms with Crippen molar-refractivity contribution < 1.29 is 9.59 Å². The number of ketones is 2. The molecule has 2 aromatic carbocycles. The summed E-state index contributed by atoms with van der Waals surface area (Å²) in [7, 11) is 0. The number of nitrogens with zero attached hydrogens (tertiary/aromatic N) is 1. The summed E-state index contributed by atoms with van der Waals surface area (Å²) in [4.78, 5) is 25.0. The highest BCUT2D eigenvalue weighted by Crippen LogP contribution is 2.33. The predicted octanol–water partition coefficient (Wildman–Crippen LogP) is 3.89. The number of benzene rings is 2. The first kappa shape index (κ1) is 16.1. The fourth-order valence-electron chi connectivity index (χ4n) is 2.94. The first-order valence-corrected chi connectivity index (χ1v) is 8.21. The molecule has 1 aliphatic rings. The van der Waals surface area contributed by atoms with Crippen LogP contribution in [0.5, 0.6) is 0 Å². The van der Waals surface area contributed by atoms with Crippen LogP contribution >= 0.6 is 0 Å². The van der Waals surface area contributed by atoms with Gasteiger partial charge in [-0.05, 0) is 42.9 Å². The SMILES string of the molecule is Cc1ccccc1Cc1ccccc1C(=O)C(C#N)C(=O)C1CC1. The fourth-order valence-corrected chi connectivity index (χ4v) is 2.94. The molecule has 2 aromatic rings. The van der Waals surface area contributed by atoms with Crippen molar-refractivity contribution in [2.45, 2.75) is 26.2 Å². The van der Waals surface area contributed by atoms with Gasteiger partial charge in [0.05, 0.1) is 6.07 Å². The normalized spacial score (nSPS) is 14.7. The Labute approximate surface area is 141 Å². The zero-order chi connectivity index (χ0) is 17.1. The lowest BCUT2D eigenvalue weighted by Gasteiger charge is -2.13. The number of hydrogen-bond acceptors (Lipinski definition) is 3. The van der Waals surface area contributed by atoms with Gasteiger partial charge in [0.25, 0.3) is 0 Å². The van der Waals surface area contributed by atoms with E-state index in [1.54, 1.807) is 12.1 Å². The van der Waals surface area contributed by atoms with Gasteiger partial charge in [-0.1, -0.05) is 48.5 Å². The number of Topliss-reactive ketones (excluding diaryl/α,β-unsaturated/α-hetero) is 2. The number of hydrogen-bond donors (Lipinski definition) is 0. The quantitative estimate of drug-likeness (QED) is 0.600. The van der Waals surface area contributed by atoms with Gasteiger partial charge in [-0.2, -0.15) is 5.26 Å². The summed E-state index contributed by atoms with van der Waals surface area (Å²) in [6, 6.07) is 17.2. The Bertz CT molecular complexity index is 828. The molecule has 0 radical (unpaired) electrons. The van der Waals surface area contributed by atoms with Gasteiger partial charge >= 0.3 is 0 Å². The third-order valence-electron chi connectivity index (χ3n) is 4.58. The highest BCUT2D eigenvalue weighted by molar-refractivity contribution is 6.14. The number of rotatable bonds is 6. The summed E-state index contributed by atoms with van der Waals surface area (Å²) in [6.07, 6.45) is 2.22. The van der Waals surface area contributed by atoms with Gasteiger partial charge < -0.3 is 0 Å². The van der Waals surface area contributed by atoms with E-state index >= 15 is 0 Å². The largest absolute Gasteiger partial charge is 0.297 e. The Kier molecular flexibility index (Phi) is 4.57. The first-order valence-electron chi connectivity index (χ1n) is 8.21. The molecule has 0 bridgehead atoms. The van der Waals surface area contributed by atoms with Crippen LogP contribution in [0.3, 0.4) is 0 Å². The highest BCUT2D eigenvalue weighted by atomic mass is 16.2. The summed E-state index contributed by atoms with van der Waals surface area (Å²) >= 11 is 0. The van der Waals surface area contributed by atoms with Crippen LogP contribution in [-0.2, 0) is 11.2 Å². The lowest BCUT2D eigenvalue weighted by atomic mass is 9.88. The van der Waals surface area contributed by atoms with E-state index in [0.717, 1.165) is 29.5 Å². The van der Waals surface area contributed by atoms with E-state index in [4.69, 9.17) is 0 Å². The first-order chi connectivity index (χ1) is 11.6. The molecular weight excluding hydrogens is 298 g/mol. The third-order valence-corrected chi connectivity index (χ3v) is 4.58. The molecule has 3 nitrogen and oxygen atoms in total. The lowest BCUT2D eigenvalue weighted by molar-refractivity contribution is -0.121. The van der Waals surface area contributed by atoms with E-state index < -0.39 is 5.92 Å². The number of aryl methyl sites for hydroxylation is 1. The molecule has 1 atom stereocenters. The molecule has 1 unspecified atom stereocenters. The minimum Gasteiger partial charge on any atom is -0.297 e. The standard InChI is InChI=1S/C21H19NO2/c1-14-6-2-3-7-16(14)12-17-8-4-5-9-18(17)21(24)19(13-22)20(23)15-10-11-15/h2-9,15,19H,10-12H2,1H3. The molecule has 0 heterocycles. The summed E-state index contributed by atoms with van der Waals surface area (Å²) in [5.74, 6) is -1.84. The summed E-state index contributed by atoms with van der Waals surface area (Å²) in [5, 5.41) is 9.34. The summed E-state index contributed by atoms with van der Waals surface area (Å²) in [6.45, 7) is 2.04. The molecule has 3 rings (SSSR count). The van der Waals surface area contributed by atoms with Crippen LogP contribution in [0.15, 0.2) is 48.5 Å². The number of nitriles is 1. The topological polar surface area (TPSA) is 57.9 Å². The zero-order valence-corrected chi connectivity index (χ0v) is 13.7. The van der Waals surface area contributed by atoms with Gasteiger partial charge in [-0.15, -0.1) is 0 Å². The van der Waals surface area contributed by atoms with Crippen molar-refractivity contribution in [3.05, 3.63) is 70.8 Å². The van der Waals surface area contributed by atoms with Crippen molar-refractivity contribution in [1.29, 1.82) is 5.26 Å². The molecule has 1 fully saturated rings. The molecule has 0 aliphatic heterocycles. The second kappa shape index (κ2) is 6.80. The van der Waals surface area contributed by atoms with Crippen LogP contribution in [0.4, 0.5) is 0 Å². The second-order valence-corrected chi connectivity index (χ2v) is 6.36. The molecule has 0 aromatic heterocycles. The van der Waals surface area contributed by atoms with Gasteiger partial charge in [0.15, 0.2) is 17.5 Å². The van der Waals surface area contributed by atoms with Crippen molar-refractivity contribution in [2.24, 2.45) is 11.8 Å². The average molecular weight is 317 g/mol. The molecule has 0 saturated heterocycles. The Balaban J connectivity index is 1.91. The molecular formula is C21H19NO2. The van der Waals surface area contributed by atoms with Gasteiger partial charge in [0.2, 0.25) is 0 Å². The van der Waals surface area contributed by atoms with Crippen molar-refractivity contribution in [3.63, 3.8) is 0 Å². The van der Waals surface area contributed by atoms with Crippen LogP contribution in [0, 0.1) is 30.1 Å². The van der Waals surface area contributed by atoms with E-state index in [2.05, 4.69) is 0 Å². The van der Waals surface area contributed by atoms with Crippen molar-refractivity contribution in [2.75, 3.05) is 0 Å². The summed E-state index contributed by atoms with van der Waals surface area (Å²) < 4.78 is 0. The van der Waals surface area contributed by atoms with E-state index in [-0.39, 0.29) is 17.5 Å². The Morgan fingerprint density at radius 2 is 1.71 bits per heavy atom. The number of carbonyl (C=O) groups excluding carboxylic acids is 2. The van der Waals surface area contributed by atoms with Gasteiger partial charge in [-0.3, -0.25) is 9.59 Å². The molecule has 1 saturated carbocycles. The van der Waals surface area contributed by atoms with E-state index in [0.29, 0.717) is 12.0 Å². The molecule has 1 aliphatic carbocycles. The second-order valence-electron chi connectivity index (χ2n) is 6.36. The fraction of sp³-hybridized carbons (Fsp3) is 0.286. The van der Waals surface area contributed by atoms with Crippen LogP contribution in [0.25, 0.3) is 0 Å². The molecule has 0 amide bonds. The Hall–Kier alpha value is -2.73. The maximum absolute atomic E-state index is 12.8. The van der Waals surface area contributed by atoms with E-state index in [9.17, 15) is 14.9 Å². The average Bonchev–Trinajstić information content (AvgIpc) is 3.43. The molecule has 120 valence electrons. The van der Waals surface area contributed by atoms with Gasteiger partial charge in [0.1, 0.15) is 0 Å². The van der Waals surface area contributed by atoms with Crippen LogP contribution in [0.1, 0.15) is 39.9 Å². The van der Waals surface area contributed by atoms with Gasteiger partial charge in [-0.25, -0.2) is 0 Å². The predicted molar refractivity (Wildman–Crippen MR) is 91.6 cm³/mol. The van der Waals surface area contributed by atoms with E-state index in [1.165, 1.54) is 0 Å². The van der Waals surface area contributed by atoms with Crippen LogP contribution in [-0.4, -0.2) is 11.6 Å². The van der Waals surface area contributed by atoms with Crippen LogP contribution < -0.4 is 0 Å². The van der Waals surface area contributed by atoms with Gasteiger partial charge in [0, 0.05) is 11.5 Å². The smallest absolute Gasteiger partial charge is 0.187 e. The van der Waals surface area contributed by atoms with E-state index in [1.807, 2.05) is 49.4 Å². The molecule has 24 heavy (non-hydrogen) atoms.